The van der Waals surface area contributed by atoms with E-state index in [1.807, 2.05) is 0 Å². The second-order valence-corrected chi connectivity index (χ2v) is 10.5. The van der Waals surface area contributed by atoms with Crippen molar-refractivity contribution in [3.8, 4) is 0 Å². The molecule has 25 heavy (non-hydrogen) atoms. The zero-order valence-electron chi connectivity index (χ0n) is 18.2. The Hall–Kier alpha value is -0.860. The Morgan fingerprint density at radius 3 is 1.88 bits per heavy atom. The van der Waals surface area contributed by atoms with Crippen molar-refractivity contribution in [1.82, 2.24) is 0 Å². The summed E-state index contributed by atoms with van der Waals surface area (Å²) in [7, 11) is 0. The van der Waals surface area contributed by atoms with Crippen LogP contribution in [0.2, 0.25) is 0 Å². The quantitative estimate of drug-likeness (QED) is 0.549. The molecule has 0 N–H and O–H groups in total. The summed E-state index contributed by atoms with van der Waals surface area (Å²) in [5.74, 6) is 0. The molecule has 0 atom stereocenters. The summed E-state index contributed by atoms with van der Waals surface area (Å²) in [6, 6.07) is 8.83. The lowest BCUT2D eigenvalue weighted by Crippen LogP contribution is -2.36. The van der Waals surface area contributed by atoms with Gasteiger partial charge in [0, 0.05) is 0 Å². The summed E-state index contributed by atoms with van der Waals surface area (Å²) in [4.78, 5) is 0. The molecule has 0 radical (unpaired) electrons. The van der Waals surface area contributed by atoms with Gasteiger partial charge in [0.15, 0.2) is 0 Å². The molecule has 0 unspecified atom stereocenters. The van der Waals surface area contributed by atoms with E-state index >= 15 is 0 Å². The predicted octanol–water partition coefficient (Wildman–Crippen LogP) is 6.65. The Balaban J connectivity index is 2.78. The smallest absolute Gasteiger partial charge is 0.0724 e. The van der Waals surface area contributed by atoms with Crippen molar-refractivity contribution in [1.29, 1.82) is 0 Å². The van der Waals surface area contributed by atoms with Gasteiger partial charge in [-0.25, -0.2) is 0 Å². The maximum Gasteiger partial charge on any atom is 0.0724 e. The van der Waals surface area contributed by atoms with Crippen LogP contribution in [0.3, 0.4) is 0 Å². The fourth-order valence-electron chi connectivity index (χ4n) is 3.02. The average Bonchev–Trinajstić information content (AvgIpc) is 2.40. The molecule has 0 aliphatic carbocycles. The van der Waals surface area contributed by atoms with Gasteiger partial charge in [-0.05, 0) is 84.8 Å². The minimum absolute atomic E-state index is 0.107. The van der Waals surface area contributed by atoms with Crippen LogP contribution in [0.15, 0.2) is 24.3 Å². The Morgan fingerprint density at radius 1 is 0.760 bits per heavy atom. The molecule has 1 aromatic carbocycles. The number of ether oxygens (including phenoxy) is 2. The molecular weight excluding hydrogens is 308 g/mol. The maximum atomic E-state index is 6.24. The molecule has 0 amide bonds. The van der Waals surface area contributed by atoms with Crippen LogP contribution in [-0.4, -0.2) is 16.8 Å². The molecule has 0 aliphatic heterocycles. The van der Waals surface area contributed by atoms with Crippen molar-refractivity contribution in [2.24, 2.45) is 0 Å². The molecule has 1 rings (SSSR count). The van der Waals surface area contributed by atoms with Crippen LogP contribution in [-0.2, 0) is 21.5 Å². The van der Waals surface area contributed by atoms with Crippen molar-refractivity contribution in [2.45, 2.75) is 111 Å². The Labute approximate surface area is 156 Å². The van der Waals surface area contributed by atoms with Crippen LogP contribution in [0, 0.1) is 0 Å². The van der Waals surface area contributed by atoms with Crippen molar-refractivity contribution >= 4 is 0 Å². The number of benzene rings is 1. The number of hydrogen-bond donors (Lipinski definition) is 0. The van der Waals surface area contributed by atoms with E-state index < -0.39 is 0 Å². The van der Waals surface area contributed by atoms with E-state index in [4.69, 9.17) is 9.47 Å². The third-order valence-electron chi connectivity index (χ3n) is 4.31. The van der Waals surface area contributed by atoms with Gasteiger partial charge in [-0.3, -0.25) is 0 Å². The number of rotatable bonds is 7. The third-order valence-corrected chi connectivity index (χ3v) is 4.31. The van der Waals surface area contributed by atoms with Crippen LogP contribution in [0.1, 0.15) is 93.2 Å². The highest BCUT2D eigenvalue weighted by Gasteiger charge is 2.29. The average molecular weight is 349 g/mol. The monoisotopic (exact) mass is 348 g/mol. The fraction of sp³-hybridized carbons (Fsp3) is 0.739. The van der Waals surface area contributed by atoms with Gasteiger partial charge in [-0.1, -0.05) is 38.1 Å². The van der Waals surface area contributed by atoms with Gasteiger partial charge in [0.1, 0.15) is 0 Å². The van der Waals surface area contributed by atoms with E-state index in [1.165, 1.54) is 11.1 Å². The van der Waals surface area contributed by atoms with E-state index in [9.17, 15) is 0 Å². The highest BCUT2D eigenvalue weighted by molar-refractivity contribution is 5.29. The second kappa shape index (κ2) is 7.80. The first-order valence-corrected chi connectivity index (χ1v) is 9.53. The normalized spacial score (nSPS) is 14.0. The first-order valence-electron chi connectivity index (χ1n) is 9.53. The first-order chi connectivity index (χ1) is 11.1. The first kappa shape index (κ1) is 22.2. The zero-order chi connectivity index (χ0) is 19.5. The van der Waals surface area contributed by atoms with Gasteiger partial charge >= 0.3 is 0 Å². The van der Waals surface area contributed by atoms with Gasteiger partial charge in [0.2, 0.25) is 0 Å². The van der Waals surface area contributed by atoms with Crippen molar-refractivity contribution in [3.05, 3.63) is 35.4 Å². The molecule has 1 aromatic rings. The summed E-state index contributed by atoms with van der Waals surface area (Å²) in [6.45, 7) is 22.4. The lowest BCUT2D eigenvalue weighted by atomic mass is 9.78. The molecule has 0 bridgehead atoms. The lowest BCUT2D eigenvalue weighted by Gasteiger charge is -2.36. The molecule has 0 spiro atoms. The van der Waals surface area contributed by atoms with Gasteiger partial charge in [0.25, 0.3) is 0 Å². The standard InChI is InChI=1S/C23H40O2/c1-20(2,3)24-17-18-12-11-13-19(16-18)22(7,8)14-15-23(9,10)25-21(4,5)6/h11-13,16H,14-15,17H2,1-10H3. The summed E-state index contributed by atoms with van der Waals surface area (Å²) >= 11 is 0. The molecule has 144 valence electrons. The number of hydrogen-bond acceptors (Lipinski definition) is 2. The Kier molecular flexibility index (Phi) is 6.92. The van der Waals surface area contributed by atoms with E-state index in [0.717, 1.165) is 12.8 Å². The Bertz CT molecular complexity index is 542. The zero-order valence-corrected chi connectivity index (χ0v) is 18.2. The topological polar surface area (TPSA) is 18.5 Å². The molecular formula is C23H40O2. The lowest BCUT2D eigenvalue weighted by molar-refractivity contribution is -0.118. The molecule has 0 fully saturated rings. The van der Waals surface area contributed by atoms with E-state index in [2.05, 4.69) is 93.5 Å². The maximum absolute atomic E-state index is 6.24. The molecule has 0 heterocycles. The summed E-state index contributed by atoms with van der Waals surface area (Å²) < 4.78 is 12.2. The van der Waals surface area contributed by atoms with E-state index in [-0.39, 0.29) is 22.2 Å². The molecule has 0 saturated carbocycles. The van der Waals surface area contributed by atoms with Gasteiger partial charge < -0.3 is 9.47 Å². The Morgan fingerprint density at radius 2 is 1.36 bits per heavy atom. The second-order valence-electron chi connectivity index (χ2n) is 10.5. The van der Waals surface area contributed by atoms with Crippen LogP contribution in [0.4, 0.5) is 0 Å². The molecule has 0 aromatic heterocycles. The minimum atomic E-state index is -0.123. The van der Waals surface area contributed by atoms with Crippen molar-refractivity contribution in [2.75, 3.05) is 0 Å². The molecule has 0 saturated heterocycles. The van der Waals surface area contributed by atoms with Crippen LogP contribution in [0.25, 0.3) is 0 Å². The highest BCUT2D eigenvalue weighted by Crippen LogP contribution is 2.34. The molecule has 2 heteroatoms. The minimum Gasteiger partial charge on any atom is -0.371 e. The SMILES string of the molecule is CC(C)(C)OCc1cccc(C(C)(C)CCC(C)(C)OC(C)(C)C)c1. The van der Waals surface area contributed by atoms with Gasteiger partial charge in [-0.2, -0.15) is 0 Å². The van der Waals surface area contributed by atoms with Crippen LogP contribution >= 0.6 is 0 Å². The van der Waals surface area contributed by atoms with Crippen LogP contribution in [0.5, 0.6) is 0 Å². The predicted molar refractivity (Wildman–Crippen MR) is 108 cm³/mol. The largest absolute Gasteiger partial charge is 0.371 e. The third kappa shape index (κ3) is 8.87. The van der Waals surface area contributed by atoms with E-state index in [1.54, 1.807) is 0 Å². The van der Waals surface area contributed by atoms with Gasteiger partial charge in [0.05, 0.1) is 23.4 Å². The van der Waals surface area contributed by atoms with Crippen LogP contribution < -0.4 is 0 Å². The molecule has 2 nitrogen and oxygen atoms in total. The highest BCUT2D eigenvalue weighted by atomic mass is 16.5. The van der Waals surface area contributed by atoms with Crippen molar-refractivity contribution in [3.63, 3.8) is 0 Å². The fourth-order valence-corrected chi connectivity index (χ4v) is 3.02. The van der Waals surface area contributed by atoms with Crippen molar-refractivity contribution < 1.29 is 9.47 Å². The molecule has 0 aliphatic rings. The van der Waals surface area contributed by atoms with Gasteiger partial charge in [-0.15, -0.1) is 0 Å². The van der Waals surface area contributed by atoms with E-state index in [0.29, 0.717) is 6.61 Å². The summed E-state index contributed by atoms with van der Waals surface area (Å²) in [6.07, 6.45) is 2.11. The summed E-state index contributed by atoms with van der Waals surface area (Å²) in [5.41, 5.74) is 2.37. The summed E-state index contributed by atoms with van der Waals surface area (Å²) in [5, 5.41) is 0.